The number of aliphatic carboxylic acids is 3. The van der Waals surface area contributed by atoms with E-state index in [1.165, 1.54) is 5.64 Å². The van der Waals surface area contributed by atoms with Gasteiger partial charge in [-0.05, 0) is 102 Å². The smallest absolute Gasteiger partial charge is 0.306 e. The fraction of sp³-hybridized carbons (Fsp3) is 0.880. The number of hydrogen-bond acceptors (Lipinski definition) is 10. The Bertz CT molecular complexity index is 613. The predicted molar refractivity (Wildman–Crippen MR) is 140 cm³/mol. The summed E-state index contributed by atoms with van der Waals surface area (Å²) in [5.74, 6) is -5.17. The predicted octanol–water partition coefficient (Wildman–Crippen LogP) is 2.36. The molecular formula is C25H50N4O9. The Morgan fingerprint density at radius 1 is 0.632 bits per heavy atom. The van der Waals surface area contributed by atoms with Crippen LogP contribution in [0.25, 0.3) is 0 Å². The van der Waals surface area contributed by atoms with E-state index in [1.807, 2.05) is 0 Å². The molecule has 0 aromatic rings. The number of unbranched alkanes of at least 4 members (excludes halogenated alkanes) is 2. The third kappa shape index (κ3) is 21.1. The first-order valence-electron chi connectivity index (χ1n) is 13.8. The van der Waals surface area contributed by atoms with E-state index in [1.54, 1.807) is 0 Å². The third-order valence-electron chi connectivity index (χ3n) is 6.44. The van der Waals surface area contributed by atoms with Gasteiger partial charge in [-0.3, -0.25) is 19.6 Å². The van der Waals surface area contributed by atoms with Crippen molar-refractivity contribution >= 4 is 17.9 Å². The minimum Gasteiger partial charge on any atom is -0.481 e. The Labute approximate surface area is 225 Å². The number of carboxylic acids is 3. The van der Waals surface area contributed by atoms with Crippen LogP contribution in [-0.2, 0) is 24.3 Å². The van der Waals surface area contributed by atoms with Gasteiger partial charge in [0, 0.05) is 6.67 Å². The second-order valence-electron chi connectivity index (χ2n) is 9.53. The molecule has 38 heavy (non-hydrogen) atoms. The first kappa shape index (κ1) is 36.1. The highest BCUT2D eigenvalue weighted by atomic mass is 17.3. The molecule has 3 atom stereocenters. The Balaban J connectivity index is 4.17. The van der Waals surface area contributed by atoms with Crippen LogP contribution in [0.15, 0.2) is 0 Å². The highest BCUT2D eigenvalue weighted by Crippen LogP contribution is 2.24. The molecule has 0 heterocycles. The van der Waals surface area contributed by atoms with Gasteiger partial charge in [-0.15, -0.1) is 4.99 Å². The second-order valence-corrected chi connectivity index (χ2v) is 9.53. The Hall–Kier alpha value is -1.87. The first-order valence-corrected chi connectivity index (χ1v) is 13.8. The van der Waals surface area contributed by atoms with Crippen LogP contribution in [0.2, 0.25) is 0 Å². The molecule has 13 nitrogen and oxygen atoms in total. The van der Waals surface area contributed by atoms with Crippen LogP contribution in [0.1, 0.15) is 84.0 Å². The summed E-state index contributed by atoms with van der Waals surface area (Å²) in [6.07, 6.45) is 6.92. The van der Waals surface area contributed by atoms with Crippen molar-refractivity contribution in [2.24, 2.45) is 17.8 Å². The summed E-state index contributed by atoms with van der Waals surface area (Å²) in [5.41, 5.74) is 1.35. The number of rotatable bonds is 29. The molecule has 0 aliphatic rings. The van der Waals surface area contributed by atoms with Gasteiger partial charge in [0.2, 0.25) is 0 Å². The van der Waals surface area contributed by atoms with Crippen LogP contribution in [0.4, 0.5) is 0 Å². The van der Waals surface area contributed by atoms with Gasteiger partial charge in [0.15, 0.2) is 0 Å². The third-order valence-corrected chi connectivity index (χ3v) is 6.44. The van der Waals surface area contributed by atoms with Crippen LogP contribution >= 0.6 is 0 Å². The molecule has 0 radical (unpaired) electrons. The minimum atomic E-state index is -1.04. The van der Waals surface area contributed by atoms with E-state index in [-0.39, 0.29) is 38.7 Å². The Morgan fingerprint density at radius 2 is 1.11 bits per heavy atom. The van der Waals surface area contributed by atoms with Crippen LogP contribution in [0, 0.1) is 17.8 Å². The van der Waals surface area contributed by atoms with Crippen molar-refractivity contribution < 1.29 is 44.8 Å². The molecule has 0 aromatic carbocycles. The van der Waals surface area contributed by atoms with Gasteiger partial charge >= 0.3 is 17.9 Å². The van der Waals surface area contributed by atoms with E-state index in [9.17, 15) is 29.7 Å². The van der Waals surface area contributed by atoms with Crippen molar-refractivity contribution in [1.29, 1.82) is 0 Å². The average Bonchev–Trinajstić information content (AvgIpc) is 2.87. The fourth-order valence-corrected chi connectivity index (χ4v) is 4.15. The molecule has 0 aliphatic heterocycles. The Morgan fingerprint density at radius 3 is 1.63 bits per heavy atom. The van der Waals surface area contributed by atoms with Crippen LogP contribution in [0.5, 0.6) is 0 Å². The van der Waals surface area contributed by atoms with Gasteiger partial charge in [-0.1, -0.05) is 13.3 Å². The molecule has 8 N–H and O–H groups in total. The molecule has 0 saturated heterocycles. The van der Waals surface area contributed by atoms with Gasteiger partial charge in [0.25, 0.3) is 0 Å². The largest absolute Gasteiger partial charge is 0.481 e. The highest BCUT2D eigenvalue weighted by Gasteiger charge is 2.26. The molecule has 0 amide bonds. The molecule has 0 bridgehead atoms. The number of nitrogens with one attached hydrogen (secondary N) is 4. The highest BCUT2D eigenvalue weighted by molar-refractivity contribution is 5.72. The van der Waals surface area contributed by atoms with E-state index < -0.39 is 35.7 Å². The molecule has 0 aliphatic carbocycles. The lowest BCUT2D eigenvalue weighted by molar-refractivity contribution is -0.390. The van der Waals surface area contributed by atoms with E-state index in [0.717, 1.165) is 58.5 Å². The lowest BCUT2D eigenvalue weighted by atomic mass is 9.87. The summed E-state index contributed by atoms with van der Waals surface area (Å²) in [6, 6.07) is 0. The van der Waals surface area contributed by atoms with Gasteiger partial charge in [0.1, 0.15) is 0 Å². The summed E-state index contributed by atoms with van der Waals surface area (Å²) in [6.45, 7) is 6.64. The van der Waals surface area contributed by atoms with E-state index >= 15 is 0 Å². The van der Waals surface area contributed by atoms with E-state index in [4.69, 9.17) is 5.21 Å². The summed E-state index contributed by atoms with van der Waals surface area (Å²) in [5, 5.41) is 46.8. The topological polar surface area (TPSA) is 199 Å². The maximum absolute atomic E-state index is 11.7. The maximum atomic E-state index is 11.7. The van der Waals surface area contributed by atoms with Crippen molar-refractivity contribution in [2.75, 3.05) is 39.5 Å². The van der Waals surface area contributed by atoms with Crippen molar-refractivity contribution in [2.45, 2.75) is 84.0 Å². The van der Waals surface area contributed by atoms with Crippen molar-refractivity contribution in [3.63, 3.8) is 0 Å². The lowest BCUT2D eigenvalue weighted by Crippen LogP contribution is -2.30. The molecule has 224 valence electrons. The number of hydrogen-bond donors (Lipinski definition) is 8. The van der Waals surface area contributed by atoms with Gasteiger partial charge < -0.3 is 31.3 Å². The second kappa shape index (κ2) is 25.4. The SMILES string of the molecule is CCCNCNCCCCCNCCCC(CCC(CCC(CCCOONO)C(=O)O)C(=O)O)C(=O)O. The summed E-state index contributed by atoms with van der Waals surface area (Å²) in [4.78, 5) is 43.5. The van der Waals surface area contributed by atoms with Crippen molar-refractivity contribution in [3.05, 3.63) is 0 Å². The maximum Gasteiger partial charge on any atom is 0.306 e. The molecular weight excluding hydrogens is 500 g/mol. The van der Waals surface area contributed by atoms with E-state index in [2.05, 4.69) is 32.7 Å². The van der Waals surface area contributed by atoms with Crippen molar-refractivity contribution in [3.8, 4) is 0 Å². The minimum absolute atomic E-state index is 0.0590. The molecule has 0 saturated carbocycles. The zero-order valence-electron chi connectivity index (χ0n) is 22.8. The number of carboxylic acid groups (broad SMARTS) is 3. The molecule has 0 aromatic heterocycles. The van der Waals surface area contributed by atoms with Crippen LogP contribution in [-0.4, -0.2) is 77.9 Å². The molecule has 0 spiro atoms. The van der Waals surface area contributed by atoms with Crippen LogP contribution in [0.3, 0.4) is 0 Å². The van der Waals surface area contributed by atoms with Crippen molar-refractivity contribution in [1.82, 2.24) is 21.6 Å². The zero-order valence-corrected chi connectivity index (χ0v) is 22.8. The van der Waals surface area contributed by atoms with Gasteiger partial charge in [0.05, 0.1) is 24.4 Å². The summed E-state index contributed by atoms with van der Waals surface area (Å²) in [7, 11) is 0. The standard InChI is InChI=1S/C25H50N4O9/c1-2-14-27-19-28-16-5-3-4-15-26-17-6-8-20(23(30)31)10-12-22(25(34)35)13-11-21(24(32)33)9-7-18-37-38-29-36/h20-22,26-29,36H,2-19H2,1H3,(H,30,31)(H,32,33)(H,34,35). The quantitative estimate of drug-likeness (QED) is 0.0292. The summed E-state index contributed by atoms with van der Waals surface area (Å²) >= 11 is 0. The molecule has 0 fully saturated rings. The monoisotopic (exact) mass is 550 g/mol. The van der Waals surface area contributed by atoms with Gasteiger partial charge in [-0.25, -0.2) is 4.89 Å². The molecule has 3 unspecified atom stereocenters. The first-order chi connectivity index (χ1) is 18.3. The normalized spacial score (nSPS) is 13.7. The average molecular weight is 551 g/mol. The van der Waals surface area contributed by atoms with Gasteiger partial charge in [-0.2, -0.15) is 0 Å². The van der Waals surface area contributed by atoms with Crippen LogP contribution < -0.4 is 21.6 Å². The molecule has 13 heteroatoms. The zero-order chi connectivity index (χ0) is 28.4. The summed E-state index contributed by atoms with van der Waals surface area (Å²) < 4.78 is 0. The lowest BCUT2D eigenvalue weighted by Gasteiger charge is -2.18. The Kier molecular flexibility index (Phi) is 24.2. The fourth-order valence-electron chi connectivity index (χ4n) is 4.15. The van der Waals surface area contributed by atoms with E-state index in [0.29, 0.717) is 19.3 Å². The molecule has 0 rings (SSSR count). The number of carbonyl (C=O) groups is 3.